The molecule has 3 atom stereocenters. The Morgan fingerprint density at radius 3 is 2.44 bits per heavy atom. The third kappa shape index (κ3) is 3.53. The number of hydrogen-bond donors (Lipinski definition) is 0. The summed E-state index contributed by atoms with van der Waals surface area (Å²) in [6.45, 7) is -1.22. The zero-order valence-electron chi connectivity index (χ0n) is 17.8. The van der Waals surface area contributed by atoms with Crippen LogP contribution in [-0.4, -0.2) is 36.9 Å². The molecule has 32 heavy (non-hydrogen) atoms. The molecule has 2 unspecified atom stereocenters. The van der Waals surface area contributed by atoms with Gasteiger partial charge in [0.25, 0.3) is 0 Å². The van der Waals surface area contributed by atoms with Crippen LogP contribution in [0.25, 0.3) is 11.3 Å². The number of alkyl halides is 2. The van der Waals surface area contributed by atoms with Gasteiger partial charge in [-0.05, 0) is 50.7 Å². The van der Waals surface area contributed by atoms with Crippen molar-refractivity contribution in [2.24, 2.45) is 11.8 Å². The number of hydrogen-bond acceptors (Lipinski definition) is 6. The Balaban J connectivity index is 1.23. The second kappa shape index (κ2) is 8.08. The van der Waals surface area contributed by atoms with Crippen LogP contribution in [0, 0.1) is 11.8 Å². The molecule has 1 aliphatic heterocycles. The molecule has 1 aromatic carbocycles. The minimum Gasteiger partial charge on any atom is -0.434 e. The van der Waals surface area contributed by atoms with Crippen molar-refractivity contribution in [3.05, 3.63) is 35.6 Å². The van der Waals surface area contributed by atoms with Gasteiger partial charge >= 0.3 is 6.61 Å². The van der Waals surface area contributed by atoms with Crippen LogP contribution in [0.15, 0.2) is 28.8 Å². The highest BCUT2D eigenvalue weighted by Crippen LogP contribution is 2.54. The average Bonchev–Trinajstić information content (AvgIpc) is 3.32. The third-order valence-electron chi connectivity index (χ3n) is 7.42. The number of halogens is 2. The van der Waals surface area contributed by atoms with Crippen molar-refractivity contribution < 1.29 is 32.3 Å². The zero-order valence-corrected chi connectivity index (χ0v) is 17.8. The molecule has 172 valence electrons. The molecule has 0 amide bonds. The summed E-state index contributed by atoms with van der Waals surface area (Å²) < 4.78 is 54.9. The van der Waals surface area contributed by atoms with Crippen molar-refractivity contribution in [3.8, 4) is 17.0 Å². The maximum atomic E-state index is 12.9. The Hall–Kier alpha value is -2.03. The van der Waals surface area contributed by atoms with Crippen molar-refractivity contribution in [3.63, 3.8) is 0 Å². The fraction of sp³-hybridized carbons (Fsp3) is 0.625. The van der Waals surface area contributed by atoms with Crippen LogP contribution in [0.1, 0.15) is 55.8 Å². The number of aromatic nitrogens is 1. The van der Waals surface area contributed by atoms with Gasteiger partial charge in [-0.2, -0.15) is 8.78 Å². The molecule has 6 rings (SSSR count). The van der Waals surface area contributed by atoms with Crippen molar-refractivity contribution in [1.29, 1.82) is 0 Å². The average molecular weight is 447 g/mol. The first kappa shape index (κ1) is 20.6. The summed E-state index contributed by atoms with van der Waals surface area (Å²) in [5.41, 5.74) is 1.87. The quantitative estimate of drug-likeness (QED) is 0.576. The van der Waals surface area contributed by atoms with E-state index in [9.17, 15) is 8.78 Å². The largest absolute Gasteiger partial charge is 0.434 e. The normalized spacial score (nSPS) is 28.7. The standard InChI is InChI=1S/C24H27F2NO5/c25-23(26)31-20-4-2-1-3-18(20)21-19(22(32-27-21)14-5-6-14)13-28-17-11-15-7-8-16(12-17)24(15)29-9-10-30-24/h1-4,14-17,23H,5-13H2/t15-,16?,17?/m0/s1. The summed E-state index contributed by atoms with van der Waals surface area (Å²) in [5.74, 6) is 1.55. The molecule has 1 aromatic heterocycles. The number of nitrogens with zero attached hydrogens (tertiary/aromatic N) is 1. The molecule has 6 nitrogen and oxygen atoms in total. The fourth-order valence-corrected chi connectivity index (χ4v) is 5.89. The molecule has 1 spiro atoms. The van der Waals surface area contributed by atoms with Crippen LogP contribution in [0.5, 0.6) is 5.75 Å². The van der Waals surface area contributed by atoms with E-state index >= 15 is 0 Å². The predicted molar refractivity (Wildman–Crippen MR) is 109 cm³/mol. The van der Waals surface area contributed by atoms with Gasteiger partial charge in [-0.15, -0.1) is 0 Å². The molecule has 4 aliphatic rings. The zero-order chi connectivity index (χ0) is 21.7. The van der Waals surface area contributed by atoms with Crippen molar-refractivity contribution in [2.45, 2.75) is 69.6 Å². The van der Waals surface area contributed by atoms with E-state index in [-0.39, 0.29) is 11.9 Å². The van der Waals surface area contributed by atoms with E-state index in [1.54, 1.807) is 18.2 Å². The lowest BCUT2D eigenvalue weighted by Gasteiger charge is -2.41. The molecule has 2 aromatic rings. The summed E-state index contributed by atoms with van der Waals surface area (Å²) in [5, 5.41) is 4.26. The van der Waals surface area contributed by atoms with Gasteiger partial charge < -0.3 is 23.5 Å². The lowest BCUT2D eigenvalue weighted by Crippen LogP contribution is -2.47. The fourth-order valence-electron chi connectivity index (χ4n) is 5.89. The minimum atomic E-state index is -2.91. The second-order valence-corrected chi connectivity index (χ2v) is 9.32. The van der Waals surface area contributed by atoms with E-state index in [0.29, 0.717) is 48.8 Å². The van der Waals surface area contributed by atoms with Crippen LogP contribution < -0.4 is 4.74 Å². The second-order valence-electron chi connectivity index (χ2n) is 9.32. The minimum absolute atomic E-state index is 0.0904. The van der Waals surface area contributed by atoms with Crippen molar-refractivity contribution in [2.75, 3.05) is 13.2 Å². The van der Waals surface area contributed by atoms with Gasteiger partial charge in [-0.25, -0.2) is 0 Å². The van der Waals surface area contributed by atoms with Crippen LogP contribution in [-0.2, 0) is 20.8 Å². The maximum Gasteiger partial charge on any atom is 0.387 e. The van der Waals surface area contributed by atoms with E-state index in [1.165, 1.54) is 6.07 Å². The highest BCUT2D eigenvalue weighted by Gasteiger charge is 2.58. The summed E-state index contributed by atoms with van der Waals surface area (Å²) in [6.07, 6.45) is 6.21. The van der Waals surface area contributed by atoms with E-state index < -0.39 is 12.4 Å². The van der Waals surface area contributed by atoms with Gasteiger partial charge in [0.2, 0.25) is 0 Å². The van der Waals surface area contributed by atoms with Crippen molar-refractivity contribution in [1.82, 2.24) is 5.16 Å². The maximum absolute atomic E-state index is 12.9. The lowest BCUT2D eigenvalue weighted by molar-refractivity contribution is -0.238. The number of para-hydroxylation sites is 1. The molecular weight excluding hydrogens is 420 g/mol. The highest BCUT2D eigenvalue weighted by molar-refractivity contribution is 5.70. The van der Waals surface area contributed by atoms with Crippen LogP contribution in [0.4, 0.5) is 8.78 Å². The summed E-state index contributed by atoms with van der Waals surface area (Å²) in [4.78, 5) is 0. The third-order valence-corrected chi connectivity index (χ3v) is 7.42. The van der Waals surface area contributed by atoms with Gasteiger partial charge in [0, 0.05) is 28.9 Å². The molecule has 1 saturated heterocycles. The van der Waals surface area contributed by atoms with E-state index in [4.69, 9.17) is 23.5 Å². The van der Waals surface area contributed by atoms with Gasteiger partial charge in [0.15, 0.2) is 5.79 Å². The highest BCUT2D eigenvalue weighted by atomic mass is 19.3. The summed E-state index contributed by atoms with van der Waals surface area (Å²) >= 11 is 0. The molecule has 3 saturated carbocycles. The van der Waals surface area contributed by atoms with Gasteiger partial charge in [0.05, 0.1) is 25.9 Å². The number of ether oxygens (including phenoxy) is 4. The molecule has 3 aliphatic carbocycles. The van der Waals surface area contributed by atoms with E-state index in [1.807, 2.05) is 0 Å². The number of benzene rings is 1. The topological polar surface area (TPSA) is 63.0 Å². The first-order chi connectivity index (χ1) is 15.6. The molecular formula is C24H27F2NO5. The molecule has 8 heteroatoms. The monoisotopic (exact) mass is 447 g/mol. The Morgan fingerprint density at radius 1 is 1.03 bits per heavy atom. The Labute approximate surface area is 185 Å². The lowest BCUT2D eigenvalue weighted by atomic mass is 9.81. The Morgan fingerprint density at radius 2 is 1.75 bits per heavy atom. The first-order valence-corrected chi connectivity index (χ1v) is 11.6. The van der Waals surface area contributed by atoms with Crippen LogP contribution in [0.3, 0.4) is 0 Å². The Kier molecular flexibility index (Phi) is 5.19. The molecule has 4 fully saturated rings. The smallest absolute Gasteiger partial charge is 0.387 e. The van der Waals surface area contributed by atoms with Gasteiger partial charge in [0.1, 0.15) is 17.2 Å². The van der Waals surface area contributed by atoms with E-state index in [2.05, 4.69) is 5.16 Å². The van der Waals surface area contributed by atoms with E-state index in [0.717, 1.165) is 49.8 Å². The molecule has 2 bridgehead atoms. The van der Waals surface area contributed by atoms with Crippen LogP contribution >= 0.6 is 0 Å². The molecule has 0 N–H and O–H groups in total. The summed E-state index contributed by atoms with van der Waals surface area (Å²) in [6, 6.07) is 6.70. The Bertz CT molecular complexity index is 953. The van der Waals surface area contributed by atoms with Crippen LogP contribution in [0.2, 0.25) is 0 Å². The van der Waals surface area contributed by atoms with Crippen molar-refractivity contribution >= 4 is 0 Å². The SMILES string of the molecule is FC(F)Oc1ccccc1-c1noc(C2CC2)c1COC1CC2CC[C@@H](C1)C21OCCO1. The van der Waals surface area contributed by atoms with Gasteiger partial charge in [-0.1, -0.05) is 17.3 Å². The molecule has 0 radical (unpaired) electrons. The number of rotatable bonds is 7. The molecule has 2 heterocycles. The van der Waals surface area contributed by atoms with Gasteiger partial charge in [-0.3, -0.25) is 0 Å². The predicted octanol–water partition coefficient (Wildman–Crippen LogP) is 5.27. The summed E-state index contributed by atoms with van der Waals surface area (Å²) in [7, 11) is 0. The first-order valence-electron chi connectivity index (χ1n) is 11.6.